The van der Waals surface area contributed by atoms with E-state index in [2.05, 4.69) is 10.1 Å². The summed E-state index contributed by atoms with van der Waals surface area (Å²) in [6, 6.07) is 3.87. The lowest BCUT2D eigenvalue weighted by atomic mass is 9.75. The minimum Gasteiger partial charge on any atom is -0.320 e. The molecule has 0 aliphatic heterocycles. The van der Waals surface area contributed by atoms with Gasteiger partial charge in [0.15, 0.2) is 5.65 Å². The molecule has 1 aliphatic carbocycles. The number of nitrogens with zero attached hydrogens (tertiary/aromatic N) is 3. The van der Waals surface area contributed by atoms with E-state index in [1.807, 2.05) is 18.3 Å². The quantitative estimate of drug-likeness (QED) is 0.728. The summed E-state index contributed by atoms with van der Waals surface area (Å²) in [7, 11) is 0. The third kappa shape index (κ3) is 0.974. The molecule has 0 saturated heterocycles. The van der Waals surface area contributed by atoms with Gasteiger partial charge >= 0.3 is 0 Å². The van der Waals surface area contributed by atoms with Crippen molar-refractivity contribution in [2.45, 2.75) is 24.8 Å². The maximum absolute atomic E-state index is 6.19. The molecule has 0 bridgehead atoms. The van der Waals surface area contributed by atoms with Crippen LogP contribution in [0.15, 0.2) is 24.5 Å². The summed E-state index contributed by atoms with van der Waals surface area (Å²) < 4.78 is 1.76. The highest BCUT2D eigenvalue weighted by atomic mass is 15.2. The first-order valence-electron chi connectivity index (χ1n) is 4.88. The van der Waals surface area contributed by atoms with Crippen LogP contribution in [-0.4, -0.2) is 14.6 Å². The Balaban J connectivity index is 2.13. The van der Waals surface area contributed by atoms with E-state index in [-0.39, 0.29) is 5.54 Å². The van der Waals surface area contributed by atoms with Crippen LogP contribution in [0.4, 0.5) is 0 Å². The van der Waals surface area contributed by atoms with Crippen molar-refractivity contribution in [2.24, 2.45) is 5.73 Å². The molecule has 2 heterocycles. The first kappa shape index (κ1) is 7.94. The number of nitrogens with two attached hydrogens (primary N) is 1. The number of fused-ring (bicyclic) bond motifs is 1. The van der Waals surface area contributed by atoms with Gasteiger partial charge in [-0.3, -0.25) is 0 Å². The topological polar surface area (TPSA) is 56.2 Å². The Kier molecular flexibility index (Phi) is 1.44. The summed E-state index contributed by atoms with van der Waals surface area (Å²) in [5.74, 6) is 0. The van der Waals surface area contributed by atoms with Crippen LogP contribution in [-0.2, 0) is 5.54 Å². The molecule has 3 rings (SSSR count). The Morgan fingerprint density at radius 3 is 2.93 bits per heavy atom. The largest absolute Gasteiger partial charge is 0.320 e. The summed E-state index contributed by atoms with van der Waals surface area (Å²) in [4.78, 5) is 4.50. The van der Waals surface area contributed by atoms with E-state index in [9.17, 15) is 0 Å². The zero-order valence-corrected chi connectivity index (χ0v) is 7.85. The van der Waals surface area contributed by atoms with Crippen LogP contribution in [0.5, 0.6) is 0 Å². The van der Waals surface area contributed by atoms with E-state index in [0.29, 0.717) is 0 Å². The van der Waals surface area contributed by atoms with E-state index in [1.165, 1.54) is 6.42 Å². The van der Waals surface area contributed by atoms with Crippen molar-refractivity contribution < 1.29 is 0 Å². The molecule has 0 aromatic carbocycles. The van der Waals surface area contributed by atoms with Gasteiger partial charge in [-0.2, -0.15) is 5.10 Å². The van der Waals surface area contributed by atoms with Crippen molar-refractivity contribution in [1.82, 2.24) is 14.6 Å². The van der Waals surface area contributed by atoms with Crippen LogP contribution in [0.2, 0.25) is 0 Å². The molecule has 1 saturated carbocycles. The average Bonchev–Trinajstić information content (AvgIpc) is 2.60. The predicted octanol–water partition coefficient (Wildman–Crippen LogP) is 1.07. The van der Waals surface area contributed by atoms with Crippen molar-refractivity contribution in [1.29, 1.82) is 0 Å². The van der Waals surface area contributed by atoms with Gasteiger partial charge < -0.3 is 5.73 Å². The zero-order chi connectivity index (χ0) is 9.60. The number of hydrogen-bond donors (Lipinski definition) is 1. The molecule has 0 radical (unpaired) electrons. The molecule has 0 amide bonds. The zero-order valence-electron chi connectivity index (χ0n) is 7.85. The van der Waals surface area contributed by atoms with E-state index in [0.717, 1.165) is 24.2 Å². The lowest BCUT2D eigenvalue weighted by Crippen LogP contribution is -2.44. The Morgan fingerprint density at radius 1 is 1.36 bits per heavy atom. The standard InChI is InChI=1S/C10H12N4/c11-10(4-1-5-10)8-3-7-14-9(13-8)2-6-12-14/h2-3,6-7H,1,4-5,11H2. The maximum atomic E-state index is 6.19. The molecule has 2 aromatic heterocycles. The summed E-state index contributed by atoms with van der Waals surface area (Å²) in [6.45, 7) is 0. The normalized spacial score (nSPS) is 19.5. The highest BCUT2D eigenvalue weighted by Crippen LogP contribution is 2.37. The summed E-state index contributed by atoms with van der Waals surface area (Å²) >= 11 is 0. The number of aromatic nitrogens is 3. The van der Waals surface area contributed by atoms with Crippen LogP contribution in [0.25, 0.3) is 5.65 Å². The van der Waals surface area contributed by atoms with Crippen LogP contribution in [0.3, 0.4) is 0 Å². The van der Waals surface area contributed by atoms with Crippen LogP contribution in [0.1, 0.15) is 25.0 Å². The molecule has 2 N–H and O–H groups in total. The Labute approximate surface area is 81.8 Å². The Hall–Kier alpha value is -1.42. The highest BCUT2D eigenvalue weighted by molar-refractivity contribution is 5.38. The van der Waals surface area contributed by atoms with Gasteiger partial charge in [0, 0.05) is 12.3 Å². The van der Waals surface area contributed by atoms with Crippen molar-refractivity contribution in [2.75, 3.05) is 0 Å². The van der Waals surface area contributed by atoms with Gasteiger partial charge in [0.2, 0.25) is 0 Å². The second-order valence-electron chi connectivity index (χ2n) is 3.96. The Bertz CT molecular complexity index is 470. The van der Waals surface area contributed by atoms with Crippen LogP contribution >= 0.6 is 0 Å². The van der Waals surface area contributed by atoms with Crippen molar-refractivity contribution in [3.05, 3.63) is 30.2 Å². The molecule has 4 heteroatoms. The molecule has 2 aromatic rings. The first-order chi connectivity index (χ1) is 6.78. The fourth-order valence-corrected chi connectivity index (χ4v) is 1.90. The summed E-state index contributed by atoms with van der Waals surface area (Å²) in [5.41, 5.74) is 7.89. The number of hydrogen-bond acceptors (Lipinski definition) is 3. The molecular formula is C10H12N4. The molecule has 4 nitrogen and oxygen atoms in total. The minimum atomic E-state index is -0.175. The third-order valence-corrected chi connectivity index (χ3v) is 3.01. The smallest absolute Gasteiger partial charge is 0.155 e. The lowest BCUT2D eigenvalue weighted by Gasteiger charge is -2.37. The fraction of sp³-hybridized carbons (Fsp3) is 0.400. The highest BCUT2D eigenvalue weighted by Gasteiger charge is 2.35. The van der Waals surface area contributed by atoms with Gasteiger partial charge in [0.1, 0.15) is 0 Å². The SMILES string of the molecule is NC1(c2ccn3nccc3n2)CCC1. The molecule has 72 valence electrons. The summed E-state index contributed by atoms with van der Waals surface area (Å²) in [6.07, 6.45) is 6.97. The van der Waals surface area contributed by atoms with Gasteiger partial charge in [-0.1, -0.05) is 0 Å². The second-order valence-corrected chi connectivity index (χ2v) is 3.96. The van der Waals surface area contributed by atoms with E-state index in [1.54, 1.807) is 10.7 Å². The van der Waals surface area contributed by atoms with E-state index >= 15 is 0 Å². The van der Waals surface area contributed by atoms with Gasteiger partial charge in [0.25, 0.3) is 0 Å². The van der Waals surface area contributed by atoms with Crippen molar-refractivity contribution >= 4 is 5.65 Å². The van der Waals surface area contributed by atoms with Gasteiger partial charge in [-0.25, -0.2) is 9.50 Å². The van der Waals surface area contributed by atoms with Crippen LogP contribution < -0.4 is 5.73 Å². The van der Waals surface area contributed by atoms with Crippen molar-refractivity contribution in [3.8, 4) is 0 Å². The van der Waals surface area contributed by atoms with Gasteiger partial charge in [-0.15, -0.1) is 0 Å². The maximum Gasteiger partial charge on any atom is 0.155 e. The lowest BCUT2D eigenvalue weighted by molar-refractivity contribution is 0.246. The fourth-order valence-electron chi connectivity index (χ4n) is 1.90. The second kappa shape index (κ2) is 2.54. The molecule has 14 heavy (non-hydrogen) atoms. The average molecular weight is 188 g/mol. The van der Waals surface area contributed by atoms with Crippen molar-refractivity contribution in [3.63, 3.8) is 0 Å². The third-order valence-electron chi connectivity index (χ3n) is 3.01. The molecular weight excluding hydrogens is 176 g/mol. The molecule has 1 fully saturated rings. The molecule has 0 spiro atoms. The monoisotopic (exact) mass is 188 g/mol. The summed E-state index contributed by atoms with van der Waals surface area (Å²) in [5, 5.41) is 4.10. The predicted molar refractivity (Wildman–Crippen MR) is 52.7 cm³/mol. The number of rotatable bonds is 1. The van der Waals surface area contributed by atoms with Crippen LogP contribution in [0, 0.1) is 0 Å². The minimum absolute atomic E-state index is 0.175. The first-order valence-corrected chi connectivity index (χ1v) is 4.88. The van der Waals surface area contributed by atoms with Gasteiger partial charge in [-0.05, 0) is 25.3 Å². The Morgan fingerprint density at radius 2 is 2.21 bits per heavy atom. The van der Waals surface area contributed by atoms with Gasteiger partial charge in [0.05, 0.1) is 17.4 Å². The molecule has 0 atom stereocenters. The molecule has 0 unspecified atom stereocenters. The van der Waals surface area contributed by atoms with E-state index in [4.69, 9.17) is 5.73 Å². The van der Waals surface area contributed by atoms with E-state index < -0.39 is 0 Å². The molecule has 1 aliphatic rings.